The molecule has 1 saturated carbocycles. The highest BCUT2D eigenvalue weighted by Gasteiger charge is 2.27. The third kappa shape index (κ3) is 5.46. The second-order valence-corrected chi connectivity index (χ2v) is 7.12. The molecule has 132 valence electrons. The summed E-state index contributed by atoms with van der Waals surface area (Å²) in [6.07, 6.45) is 6.02. The van der Waals surface area contributed by atoms with Gasteiger partial charge in [0.15, 0.2) is 0 Å². The van der Waals surface area contributed by atoms with Gasteiger partial charge in [0.1, 0.15) is 0 Å². The Morgan fingerprint density at radius 2 is 1.70 bits per heavy atom. The molecular weight excluding hydrogens is 292 g/mol. The number of likely N-dealkylation sites (N-methyl/N-ethyl adjacent to an activating group) is 1. The normalized spacial score (nSPS) is 22.6. The van der Waals surface area contributed by atoms with E-state index in [0.717, 1.165) is 39.0 Å². The van der Waals surface area contributed by atoms with Crippen molar-refractivity contribution in [1.29, 1.82) is 0 Å². The van der Waals surface area contributed by atoms with Crippen LogP contribution in [0, 0.1) is 0 Å². The lowest BCUT2D eigenvalue weighted by molar-refractivity contribution is -0.132. The van der Waals surface area contributed by atoms with Crippen LogP contribution in [-0.2, 0) is 9.59 Å². The number of hydrogen-bond acceptors (Lipinski definition) is 4. The van der Waals surface area contributed by atoms with Crippen LogP contribution >= 0.6 is 0 Å². The zero-order valence-electron chi connectivity index (χ0n) is 14.9. The summed E-state index contributed by atoms with van der Waals surface area (Å²) < 4.78 is 0. The maximum atomic E-state index is 12.4. The summed E-state index contributed by atoms with van der Waals surface area (Å²) in [5.41, 5.74) is 0. The number of carbonyl (C=O) groups is 2. The largest absolute Gasteiger partial charge is 0.352 e. The van der Waals surface area contributed by atoms with Crippen molar-refractivity contribution < 1.29 is 9.59 Å². The van der Waals surface area contributed by atoms with E-state index in [4.69, 9.17) is 0 Å². The molecule has 2 fully saturated rings. The second-order valence-electron chi connectivity index (χ2n) is 7.12. The molecule has 0 aromatic carbocycles. The van der Waals surface area contributed by atoms with E-state index in [2.05, 4.69) is 15.1 Å². The molecule has 1 aliphatic heterocycles. The fraction of sp³-hybridized carbons (Fsp3) is 0.882. The summed E-state index contributed by atoms with van der Waals surface area (Å²) in [4.78, 5) is 30.2. The van der Waals surface area contributed by atoms with E-state index in [1.807, 2.05) is 6.92 Å². The van der Waals surface area contributed by atoms with Crippen molar-refractivity contribution in [3.05, 3.63) is 0 Å². The van der Waals surface area contributed by atoms with E-state index < -0.39 is 0 Å². The van der Waals surface area contributed by atoms with E-state index in [1.54, 1.807) is 19.0 Å². The van der Waals surface area contributed by atoms with Gasteiger partial charge in [-0.15, -0.1) is 0 Å². The second kappa shape index (κ2) is 8.64. The molecular formula is C17H32N4O2. The molecule has 23 heavy (non-hydrogen) atoms. The van der Waals surface area contributed by atoms with Gasteiger partial charge >= 0.3 is 0 Å². The van der Waals surface area contributed by atoms with Crippen LogP contribution in [0.1, 0.15) is 39.0 Å². The number of amides is 2. The minimum atomic E-state index is -0.0800. The Morgan fingerprint density at radius 3 is 2.26 bits per heavy atom. The Kier molecular flexibility index (Phi) is 6.84. The summed E-state index contributed by atoms with van der Waals surface area (Å²) in [6.45, 7) is 5.86. The lowest BCUT2D eigenvalue weighted by Crippen LogP contribution is -2.56. The monoisotopic (exact) mass is 324 g/mol. The third-order valence-electron chi connectivity index (χ3n) is 5.14. The van der Waals surface area contributed by atoms with Crippen molar-refractivity contribution in [3.63, 3.8) is 0 Å². The Balaban J connectivity index is 1.73. The summed E-state index contributed by atoms with van der Waals surface area (Å²) in [5.74, 6) is 0.302. The van der Waals surface area contributed by atoms with Gasteiger partial charge in [0.25, 0.3) is 0 Å². The Morgan fingerprint density at radius 1 is 1.09 bits per heavy atom. The van der Waals surface area contributed by atoms with Gasteiger partial charge in [0.05, 0.1) is 12.6 Å². The SMILES string of the molecule is C[C@H](C(=O)NC1CCCCC1)N1CCN(CC(=O)N(C)C)CC1. The summed E-state index contributed by atoms with van der Waals surface area (Å²) >= 11 is 0. The average molecular weight is 324 g/mol. The van der Waals surface area contributed by atoms with E-state index in [9.17, 15) is 9.59 Å². The molecule has 2 rings (SSSR count). The summed E-state index contributed by atoms with van der Waals surface area (Å²) in [6, 6.07) is 0.293. The smallest absolute Gasteiger partial charge is 0.237 e. The maximum Gasteiger partial charge on any atom is 0.237 e. The standard InChI is InChI=1S/C17H32N4O2/c1-14(17(23)18-15-7-5-4-6-8-15)21-11-9-20(10-12-21)13-16(22)19(2)3/h14-15H,4-13H2,1-3H3,(H,18,23)/t14-/m1/s1. The van der Waals surface area contributed by atoms with Gasteiger partial charge in [-0.3, -0.25) is 19.4 Å². The molecule has 2 aliphatic rings. The molecule has 2 amide bonds. The number of nitrogens with one attached hydrogen (secondary N) is 1. The van der Waals surface area contributed by atoms with Gasteiger partial charge in [-0.05, 0) is 19.8 Å². The first-order valence-electron chi connectivity index (χ1n) is 8.94. The van der Waals surface area contributed by atoms with Gasteiger partial charge in [-0.1, -0.05) is 19.3 Å². The highest BCUT2D eigenvalue weighted by molar-refractivity contribution is 5.81. The van der Waals surface area contributed by atoms with Gasteiger partial charge in [-0.2, -0.15) is 0 Å². The molecule has 0 unspecified atom stereocenters. The predicted octanol–water partition coefficient (Wildman–Crippen LogP) is 0.530. The zero-order valence-corrected chi connectivity index (χ0v) is 14.9. The minimum absolute atomic E-state index is 0.0800. The predicted molar refractivity (Wildman–Crippen MR) is 91.2 cm³/mol. The summed E-state index contributed by atoms with van der Waals surface area (Å²) in [7, 11) is 3.58. The molecule has 1 saturated heterocycles. The molecule has 0 aromatic rings. The van der Waals surface area contributed by atoms with Gasteiger partial charge in [0, 0.05) is 46.3 Å². The third-order valence-corrected chi connectivity index (χ3v) is 5.14. The molecule has 1 N–H and O–H groups in total. The lowest BCUT2D eigenvalue weighted by atomic mass is 9.95. The van der Waals surface area contributed by atoms with E-state index in [-0.39, 0.29) is 17.9 Å². The molecule has 1 heterocycles. The topological polar surface area (TPSA) is 55.9 Å². The quantitative estimate of drug-likeness (QED) is 0.801. The van der Waals surface area contributed by atoms with Gasteiger partial charge in [-0.25, -0.2) is 0 Å². The molecule has 6 nitrogen and oxygen atoms in total. The maximum absolute atomic E-state index is 12.4. The van der Waals surface area contributed by atoms with Crippen molar-refractivity contribution >= 4 is 11.8 Å². The molecule has 0 radical (unpaired) electrons. The first-order valence-corrected chi connectivity index (χ1v) is 8.94. The number of piperazine rings is 1. The molecule has 1 aliphatic carbocycles. The number of nitrogens with zero attached hydrogens (tertiary/aromatic N) is 3. The van der Waals surface area contributed by atoms with Crippen LogP contribution in [0.5, 0.6) is 0 Å². The van der Waals surface area contributed by atoms with Crippen molar-refractivity contribution in [3.8, 4) is 0 Å². The van der Waals surface area contributed by atoms with Crippen LogP contribution in [0.3, 0.4) is 0 Å². The van der Waals surface area contributed by atoms with Gasteiger partial charge < -0.3 is 10.2 Å². The zero-order chi connectivity index (χ0) is 16.8. The van der Waals surface area contributed by atoms with E-state index in [1.165, 1.54) is 19.3 Å². The Hall–Kier alpha value is -1.14. The van der Waals surface area contributed by atoms with Crippen molar-refractivity contribution in [1.82, 2.24) is 20.0 Å². The van der Waals surface area contributed by atoms with Gasteiger partial charge in [0.2, 0.25) is 11.8 Å². The highest BCUT2D eigenvalue weighted by Crippen LogP contribution is 2.18. The Bertz CT molecular complexity index is 399. The molecule has 1 atom stereocenters. The Labute approximate surface area is 140 Å². The number of hydrogen-bond donors (Lipinski definition) is 1. The first kappa shape index (κ1) is 18.2. The van der Waals surface area contributed by atoms with Crippen molar-refractivity contribution in [2.24, 2.45) is 0 Å². The van der Waals surface area contributed by atoms with Crippen LogP contribution in [0.4, 0.5) is 0 Å². The fourth-order valence-electron chi connectivity index (χ4n) is 3.38. The molecule has 6 heteroatoms. The number of carbonyl (C=O) groups excluding carboxylic acids is 2. The van der Waals surface area contributed by atoms with Crippen LogP contribution in [-0.4, -0.2) is 85.4 Å². The molecule has 0 aromatic heterocycles. The van der Waals surface area contributed by atoms with E-state index in [0.29, 0.717) is 12.6 Å². The minimum Gasteiger partial charge on any atom is -0.352 e. The molecule has 0 spiro atoms. The first-order chi connectivity index (χ1) is 11.0. The van der Waals surface area contributed by atoms with E-state index >= 15 is 0 Å². The lowest BCUT2D eigenvalue weighted by Gasteiger charge is -2.38. The van der Waals surface area contributed by atoms with Crippen LogP contribution in [0.2, 0.25) is 0 Å². The fourth-order valence-corrected chi connectivity index (χ4v) is 3.38. The molecule has 0 bridgehead atoms. The average Bonchev–Trinajstić information content (AvgIpc) is 2.55. The number of rotatable bonds is 5. The highest BCUT2D eigenvalue weighted by atomic mass is 16.2. The van der Waals surface area contributed by atoms with Crippen molar-refractivity contribution in [2.75, 3.05) is 46.8 Å². The summed E-state index contributed by atoms with van der Waals surface area (Å²) in [5, 5.41) is 3.22. The van der Waals surface area contributed by atoms with Crippen LogP contribution < -0.4 is 5.32 Å². The van der Waals surface area contributed by atoms with Crippen LogP contribution in [0.25, 0.3) is 0 Å². The van der Waals surface area contributed by atoms with Crippen LogP contribution in [0.15, 0.2) is 0 Å². The van der Waals surface area contributed by atoms with Crippen molar-refractivity contribution in [2.45, 2.75) is 51.1 Å².